The summed E-state index contributed by atoms with van der Waals surface area (Å²) >= 11 is 6.20. The van der Waals surface area contributed by atoms with Crippen LogP contribution in [0.5, 0.6) is 5.75 Å². The van der Waals surface area contributed by atoms with E-state index in [-0.39, 0.29) is 23.6 Å². The number of nitriles is 1. The molecular weight excluding hydrogens is 381 g/mol. The van der Waals surface area contributed by atoms with Crippen LogP contribution < -0.4 is 10.1 Å². The molecule has 3 rings (SSSR count). The SMILES string of the molecule is N#CC1=C(Cl)C[C@]2(CCCc3cc(OCCCC(F)(F)F)ccc32)NC1=O. The predicted octanol–water partition coefficient (Wildman–Crippen LogP) is 4.48. The van der Waals surface area contributed by atoms with Crippen LogP contribution in [0.25, 0.3) is 0 Å². The zero-order chi connectivity index (χ0) is 19.7. The molecule has 1 atom stereocenters. The van der Waals surface area contributed by atoms with E-state index in [1.807, 2.05) is 18.2 Å². The Balaban J connectivity index is 1.77. The maximum atomic E-state index is 12.2. The number of carbonyl (C=O) groups is 1. The highest BCUT2D eigenvalue weighted by molar-refractivity contribution is 6.33. The Morgan fingerprint density at radius 1 is 1.37 bits per heavy atom. The smallest absolute Gasteiger partial charge is 0.389 e. The molecule has 0 fully saturated rings. The first-order chi connectivity index (χ1) is 12.7. The molecule has 1 aromatic rings. The van der Waals surface area contributed by atoms with Gasteiger partial charge in [0.1, 0.15) is 17.4 Å². The highest BCUT2D eigenvalue weighted by Crippen LogP contribution is 2.44. The van der Waals surface area contributed by atoms with Gasteiger partial charge in [-0.05, 0) is 48.9 Å². The molecule has 8 heteroatoms. The van der Waals surface area contributed by atoms with Crippen LogP contribution in [0.4, 0.5) is 13.2 Å². The number of ether oxygens (including phenoxy) is 1. The summed E-state index contributed by atoms with van der Waals surface area (Å²) in [4.78, 5) is 12.2. The summed E-state index contributed by atoms with van der Waals surface area (Å²) < 4.78 is 42.1. The lowest BCUT2D eigenvalue weighted by Crippen LogP contribution is -2.51. The number of fused-ring (bicyclic) bond motifs is 2. The number of hydrogen-bond acceptors (Lipinski definition) is 3. The Bertz CT molecular complexity index is 829. The lowest BCUT2D eigenvalue weighted by atomic mass is 9.72. The topological polar surface area (TPSA) is 62.1 Å². The van der Waals surface area contributed by atoms with Crippen LogP contribution in [0, 0.1) is 11.3 Å². The zero-order valence-corrected chi connectivity index (χ0v) is 15.2. The van der Waals surface area contributed by atoms with Crippen molar-refractivity contribution in [3.8, 4) is 11.8 Å². The highest BCUT2D eigenvalue weighted by atomic mass is 35.5. The lowest BCUT2D eigenvalue weighted by Gasteiger charge is -2.42. The number of halogens is 4. The number of rotatable bonds is 4. The summed E-state index contributed by atoms with van der Waals surface area (Å²) in [7, 11) is 0. The van der Waals surface area contributed by atoms with E-state index in [2.05, 4.69) is 5.32 Å². The third-order valence-electron chi connectivity index (χ3n) is 4.94. The van der Waals surface area contributed by atoms with E-state index >= 15 is 0 Å². The van der Waals surface area contributed by atoms with Crippen LogP contribution in [0.1, 0.15) is 43.2 Å². The van der Waals surface area contributed by atoms with E-state index in [9.17, 15) is 18.0 Å². The quantitative estimate of drug-likeness (QED) is 0.761. The van der Waals surface area contributed by atoms with Gasteiger partial charge in [-0.2, -0.15) is 18.4 Å². The van der Waals surface area contributed by atoms with E-state index in [4.69, 9.17) is 21.6 Å². The lowest BCUT2D eigenvalue weighted by molar-refractivity contribution is -0.136. The molecule has 1 aliphatic carbocycles. The Labute approximate surface area is 159 Å². The first-order valence-electron chi connectivity index (χ1n) is 8.68. The van der Waals surface area contributed by atoms with Crippen molar-refractivity contribution in [2.24, 2.45) is 0 Å². The molecule has 0 saturated carbocycles. The van der Waals surface area contributed by atoms with Crippen LogP contribution in [0.15, 0.2) is 28.8 Å². The van der Waals surface area contributed by atoms with Crippen LogP contribution in [-0.2, 0) is 16.8 Å². The number of aryl methyl sites for hydroxylation is 1. The first-order valence-corrected chi connectivity index (χ1v) is 9.06. The van der Waals surface area contributed by atoms with E-state index in [1.54, 1.807) is 6.07 Å². The molecule has 1 heterocycles. The van der Waals surface area contributed by atoms with Crippen molar-refractivity contribution >= 4 is 17.5 Å². The van der Waals surface area contributed by atoms with Gasteiger partial charge in [-0.15, -0.1) is 0 Å². The van der Waals surface area contributed by atoms with Gasteiger partial charge in [-0.1, -0.05) is 17.7 Å². The van der Waals surface area contributed by atoms with Gasteiger partial charge in [0.15, 0.2) is 0 Å². The van der Waals surface area contributed by atoms with Crippen molar-refractivity contribution in [3.05, 3.63) is 39.9 Å². The molecule has 0 aromatic heterocycles. The zero-order valence-electron chi connectivity index (χ0n) is 14.5. The van der Waals surface area contributed by atoms with Crippen molar-refractivity contribution in [3.63, 3.8) is 0 Å². The van der Waals surface area contributed by atoms with Gasteiger partial charge in [0.05, 0.1) is 12.1 Å². The second kappa shape index (κ2) is 7.43. The number of nitrogens with one attached hydrogen (secondary N) is 1. The van der Waals surface area contributed by atoms with Crippen molar-refractivity contribution in [2.75, 3.05) is 6.61 Å². The van der Waals surface area contributed by atoms with Crippen molar-refractivity contribution in [1.82, 2.24) is 5.32 Å². The van der Waals surface area contributed by atoms with Crippen LogP contribution in [0.2, 0.25) is 0 Å². The highest BCUT2D eigenvalue weighted by Gasteiger charge is 2.43. The third kappa shape index (κ3) is 4.22. The van der Waals surface area contributed by atoms with Crippen LogP contribution >= 0.6 is 11.6 Å². The minimum absolute atomic E-state index is 0.0136. The average Bonchev–Trinajstić information content (AvgIpc) is 2.58. The fraction of sp³-hybridized carbons (Fsp3) is 0.474. The number of hydrogen-bond donors (Lipinski definition) is 1. The molecule has 0 bridgehead atoms. The number of nitrogens with zero attached hydrogens (tertiary/aromatic N) is 1. The molecule has 0 saturated heterocycles. The fourth-order valence-corrected chi connectivity index (χ4v) is 4.09. The van der Waals surface area contributed by atoms with Crippen LogP contribution in [-0.4, -0.2) is 18.7 Å². The predicted molar refractivity (Wildman–Crippen MR) is 93.1 cm³/mol. The van der Waals surface area contributed by atoms with Crippen LogP contribution in [0.3, 0.4) is 0 Å². The van der Waals surface area contributed by atoms with Gasteiger partial charge >= 0.3 is 6.18 Å². The Morgan fingerprint density at radius 2 is 2.15 bits per heavy atom. The summed E-state index contributed by atoms with van der Waals surface area (Å²) in [5.41, 5.74) is 1.18. The molecule has 144 valence electrons. The van der Waals surface area contributed by atoms with Crippen molar-refractivity contribution in [2.45, 2.75) is 50.2 Å². The molecule has 1 spiro atoms. The second-order valence-corrected chi connectivity index (χ2v) is 7.30. The maximum absolute atomic E-state index is 12.2. The number of carbonyl (C=O) groups excluding carboxylic acids is 1. The minimum Gasteiger partial charge on any atom is -0.494 e. The molecule has 1 aromatic carbocycles. The molecule has 4 nitrogen and oxygen atoms in total. The minimum atomic E-state index is -4.18. The molecule has 2 aliphatic rings. The van der Waals surface area contributed by atoms with E-state index in [0.29, 0.717) is 18.6 Å². The van der Waals surface area contributed by atoms with E-state index in [0.717, 1.165) is 24.0 Å². The number of alkyl halides is 3. The van der Waals surface area contributed by atoms with Gasteiger partial charge in [-0.25, -0.2) is 0 Å². The molecule has 0 unspecified atom stereocenters. The number of amides is 1. The summed E-state index contributed by atoms with van der Waals surface area (Å²) in [5.74, 6) is 0.0311. The van der Waals surface area contributed by atoms with Gasteiger partial charge in [0.2, 0.25) is 0 Å². The van der Waals surface area contributed by atoms with Gasteiger partial charge in [0, 0.05) is 17.9 Å². The monoisotopic (exact) mass is 398 g/mol. The average molecular weight is 399 g/mol. The normalized spacial score (nSPS) is 22.3. The van der Waals surface area contributed by atoms with E-state index < -0.39 is 24.0 Å². The van der Waals surface area contributed by atoms with Crippen molar-refractivity contribution in [1.29, 1.82) is 5.26 Å². The van der Waals surface area contributed by atoms with Gasteiger partial charge < -0.3 is 10.1 Å². The molecule has 1 aliphatic heterocycles. The fourth-order valence-electron chi connectivity index (χ4n) is 3.74. The van der Waals surface area contributed by atoms with E-state index in [1.165, 1.54) is 0 Å². The summed E-state index contributed by atoms with van der Waals surface area (Å²) in [6.45, 7) is -0.0136. The molecule has 1 amide bonds. The number of benzene rings is 1. The third-order valence-corrected chi connectivity index (χ3v) is 5.26. The molecule has 1 N–H and O–H groups in total. The standard InChI is InChI=1S/C19H18ClF3N2O2/c20-16-10-18(25-17(26)14(16)11-24)6-1-3-12-9-13(4-5-15(12)18)27-8-2-7-19(21,22)23/h4-5,9H,1-3,6-8,10H2,(H,25,26)/t18-/m0/s1. The van der Waals surface area contributed by atoms with Gasteiger partial charge in [0.25, 0.3) is 5.91 Å². The molecule has 0 radical (unpaired) electrons. The Hall–Kier alpha value is -2.20. The molecule has 27 heavy (non-hydrogen) atoms. The summed E-state index contributed by atoms with van der Waals surface area (Å²) in [6.07, 6.45) is -2.51. The molecular formula is C19H18ClF3N2O2. The van der Waals surface area contributed by atoms with Crippen molar-refractivity contribution < 1.29 is 22.7 Å². The summed E-state index contributed by atoms with van der Waals surface area (Å²) in [5, 5.41) is 12.3. The largest absolute Gasteiger partial charge is 0.494 e. The van der Waals surface area contributed by atoms with Gasteiger partial charge in [-0.3, -0.25) is 4.79 Å². The first kappa shape index (κ1) is 19.6. The summed E-state index contributed by atoms with van der Waals surface area (Å²) in [6, 6.07) is 7.17. The Kier molecular flexibility index (Phi) is 5.38. The maximum Gasteiger partial charge on any atom is 0.389 e. The Morgan fingerprint density at radius 3 is 2.81 bits per heavy atom. The second-order valence-electron chi connectivity index (χ2n) is 6.84.